The van der Waals surface area contributed by atoms with Crippen LogP contribution in [0.5, 0.6) is 0 Å². The molecule has 1 aliphatic heterocycles. The second-order valence-corrected chi connectivity index (χ2v) is 6.72. The minimum atomic E-state index is -4.30. The summed E-state index contributed by atoms with van der Waals surface area (Å²) in [5, 5.41) is 10.2. The Labute approximate surface area is 184 Å². The van der Waals surface area contributed by atoms with Gasteiger partial charge in [-0.2, -0.15) is 18.2 Å². The monoisotopic (exact) mass is 524 g/mol. The van der Waals surface area contributed by atoms with Gasteiger partial charge in [0, 0.05) is 32.7 Å². The first kappa shape index (κ1) is 23.4. The number of hydrogen-bond donors (Lipinski definition) is 2. The van der Waals surface area contributed by atoms with Gasteiger partial charge in [0.2, 0.25) is 5.89 Å². The molecule has 0 bridgehead atoms. The molecule has 1 aromatic heterocycles. The summed E-state index contributed by atoms with van der Waals surface area (Å²) in [5.74, 6) is 1.70. The molecule has 11 heteroatoms. The number of alkyl halides is 3. The van der Waals surface area contributed by atoms with Gasteiger partial charge in [0.15, 0.2) is 11.8 Å². The van der Waals surface area contributed by atoms with Gasteiger partial charge in [-0.25, -0.2) is 0 Å². The molecule has 0 aliphatic carbocycles. The third-order valence-corrected chi connectivity index (χ3v) is 4.50. The number of aliphatic imine (C=N–C) groups is 1. The summed E-state index contributed by atoms with van der Waals surface area (Å²) < 4.78 is 43.0. The lowest BCUT2D eigenvalue weighted by Gasteiger charge is -2.19. The van der Waals surface area contributed by atoms with E-state index >= 15 is 0 Å². The van der Waals surface area contributed by atoms with Crippen molar-refractivity contribution in [3.63, 3.8) is 0 Å². The van der Waals surface area contributed by atoms with Crippen LogP contribution < -0.4 is 10.6 Å². The smallest absolute Gasteiger partial charge is 0.352 e. The summed E-state index contributed by atoms with van der Waals surface area (Å²) >= 11 is 0. The Morgan fingerprint density at radius 2 is 2.03 bits per heavy atom. The molecule has 1 fully saturated rings. The Kier molecular flexibility index (Phi) is 8.25. The van der Waals surface area contributed by atoms with E-state index in [1.807, 2.05) is 0 Å². The maximum Gasteiger partial charge on any atom is 0.416 e. The highest BCUT2D eigenvalue weighted by molar-refractivity contribution is 14.0. The predicted molar refractivity (Wildman–Crippen MR) is 113 cm³/mol. The zero-order valence-corrected chi connectivity index (χ0v) is 18.5. The molecule has 1 aromatic carbocycles. The number of likely N-dealkylation sites (tertiary alicyclic amines) is 1. The molecule has 1 aliphatic rings. The van der Waals surface area contributed by atoms with Gasteiger partial charge in [-0.1, -0.05) is 17.3 Å². The number of aryl methyl sites for hydroxylation is 1. The quantitative estimate of drug-likeness (QED) is 0.356. The van der Waals surface area contributed by atoms with Crippen LogP contribution in [0, 0.1) is 6.92 Å². The topological polar surface area (TPSA) is 78.6 Å². The van der Waals surface area contributed by atoms with Crippen LogP contribution in [-0.2, 0) is 19.3 Å². The van der Waals surface area contributed by atoms with Gasteiger partial charge in [-0.15, -0.1) is 24.0 Å². The van der Waals surface area contributed by atoms with Crippen molar-refractivity contribution in [2.24, 2.45) is 4.99 Å². The molecule has 1 atom stereocenters. The van der Waals surface area contributed by atoms with E-state index in [1.165, 1.54) is 12.1 Å². The van der Waals surface area contributed by atoms with Gasteiger partial charge in [0.25, 0.3) is 0 Å². The van der Waals surface area contributed by atoms with Crippen molar-refractivity contribution in [1.29, 1.82) is 0 Å². The number of aromatic nitrogens is 2. The van der Waals surface area contributed by atoms with Gasteiger partial charge in [0.1, 0.15) is 0 Å². The molecule has 2 N–H and O–H groups in total. The fourth-order valence-corrected chi connectivity index (χ4v) is 3.11. The largest absolute Gasteiger partial charge is 0.416 e. The van der Waals surface area contributed by atoms with Crippen LogP contribution in [0.2, 0.25) is 0 Å². The molecular weight excluding hydrogens is 500 g/mol. The van der Waals surface area contributed by atoms with Gasteiger partial charge in [-0.05, 0) is 31.0 Å². The van der Waals surface area contributed by atoms with Crippen LogP contribution in [0.15, 0.2) is 33.8 Å². The average Bonchev–Trinajstić information content (AvgIpc) is 3.27. The molecule has 1 saturated heterocycles. The van der Waals surface area contributed by atoms with Crippen LogP contribution in [0.3, 0.4) is 0 Å². The van der Waals surface area contributed by atoms with E-state index < -0.39 is 11.7 Å². The second kappa shape index (κ2) is 10.2. The lowest BCUT2D eigenvalue weighted by Crippen LogP contribution is -2.44. The molecular formula is C18H24F3IN6O. The van der Waals surface area contributed by atoms with Gasteiger partial charge < -0.3 is 15.2 Å². The van der Waals surface area contributed by atoms with E-state index in [1.54, 1.807) is 14.0 Å². The first-order valence-corrected chi connectivity index (χ1v) is 8.98. The number of halogens is 4. The Morgan fingerprint density at radius 3 is 2.62 bits per heavy atom. The maximum absolute atomic E-state index is 12.7. The molecule has 2 aromatic rings. The van der Waals surface area contributed by atoms with Crippen LogP contribution in [0.25, 0.3) is 0 Å². The van der Waals surface area contributed by atoms with Gasteiger partial charge >= 0.3 is 6.18 Å². The molecule has 0 amide bonds. The molecule has 0 saturated carbocycles. The average molecular weight is 524 g/mol. The Morgan fingerprint density at radius 1 is 1.31 bits per heavy atom. The number of guanidine groups is 1. The summed E-state index contributed by atoms with van der Waals surface area (Å²) in [5.41, 5.74) is 0.242. The van der Waals surface area contributed by atoms with Gasteiger partial charge in [0.05, 0.1) is 12.1 Å². The molecule has 1 unspecified atom stereocenters. The summed E-state index contributed by atoms with van der Waals surface area (Å²) in [6.45, 7) is 4.38. The predicted octanol–water partition coefficient (Wildman–Crippen LogP) is 2.95. The zero-order valence-electron chi connectivity index (χ0n) is 16.2. The third-order valence-electron chi connectivity index (χ3n) is 4.50. The molecule has 3 rings (SSSR count). The molecule has 160 valence electrons. The van der Waals surface area contributed by atoms with Crippen molar-refractivity contribution in [2.75, 3.05) is 20.1 Å². The fraction of sp³-hybridized carbons (Fsp3) is 0.500. The van der Waals surface area contributed by atoms with Gasteiger partial charge in [-0.3, -0.25) is 9.89 Å². The first-order chi connectivity index (χ1) is 13.3. The lowest BCUT2D eigenvalue weighted by molar-refractivity contribution is -0.137. The zero-order chi connectivity index (χ0) is 20.1. The van der Waals surface area contributed by atoms with Crippen LogP contribution in [-0.4, -0.2) is 47.2 Å². The van der Waals surface area contributed by atoms with E-state index in [9.17, 15) is 13.2 Å². The van der Waals surface area contributed by atoms with Crippen molar-refractivity contribution in [3.05, 3.63) is 47.1 Å². The number of nitrogens with one attached hydrogen (secondary N) is 2. The number of nitrogens with zero attached hydrogens (tertiary/aromatic N) is 4. The van der Waals surface area contributed by atoms with E-state index in [4.69, 9.17) is 4.52 Å². The highest BCUT2D eigenvalue weighted by Crippen LogP contribution is 2.29. The highest BCUT2D eigenvalue weighted by atomic mass is 127. The molecule has 0 radical (unpaired) electrons. The first-order valence-electron chi connectivity index (χ1n) is 8.98. The van der Waals surface area contributed by atoms with E-state index in [0.29, 0.717) is 30.8 Å². The van der Waals surface area contributed by atoms with Crippen LogP contribution in [0.1, 0.15) is 29.3 Å². The van der Waals surface area contributed by atoms with E-state index in [2.05, 4.69) is 30.7 Å². The molecule has 2 heterocycles. The Balaban J connectivity index is 0.00000300. The second-order valence-electron chi connectivity index (χ2n) is 6.72. The van der Waals surface area contributed by atoms with Crippen molar-refractivity contribution >= 4 is 29.9 Å². The normalized spacial score (nSPS) is 17.8. The summed E-state index contributed by atoms with van der Waals surface area (Å²) in [6.07, 6.45) is -3.38. The van der Waals surface area contributed by atoms with Crippen LogP contribution in [0.4, 0.5) is 13.2 Å². The van der Waals surface area contributed by atoms with E-state index in [-0.39, 0.29) is 30.0 Å². The number of hydrogen-bond acceptors (Lipinski definition) is 5. The molecule has 7 nitrogen and oxygen atoms in total. The summed E-state index contributed by atoms with van der Waals surface area (Å²) in [4.78, 5) is 10.5. The molecule has 0 spiro atoms. The minimum absolute atomic E-state index is 0. The summed E-state index contributed by atoms with van der Waals surface area (Å²) in [6, 6.07) is 5.54. The fourth-order valence-electron chi connectivity index (χ4n) is 3.11. The van der Waals surface area contributed by atoms with Crippen LogP contribution >= 0.6 is 24.0 Å². The number of rotatable bonds is 5. The summed E-state index contributed by atoms with van der Waals surface area (Å²) in [7, 11) is 1.68. The molecule has 29 heavy (non-hydrogen) atoms. The Hall–Kier alpha value is -1.89. The standard InChI is InChI=1S/C18H23F3N6O.HI/c1-12-24-16(28-26-12)9-23-17(22-2)25-15-7-8-27(11-15)10-13-3-5-14(6-4-13)18(19,20)21;/h3-6,15H,7-11H2,1-2H3,(H2,22,23,25);1H. The van der Waals surface area contributed by atoms with Crippen molar-refractivity contribution < 1.29 is 17.7 Å². The highest BCUT2D eigenvalue weighted by Gasteiger charge is 2.30. The van der Waals surface area contributed by atoms with Crippen molar-refractivity contribution in [2.45, 2.75) is 38.7 Å². The van der Waals surface area contributed by atoms with Crippen molar-refractivity contribution in [1.82, 2.24) is 25.7 Å². The minimum Gasteiger partial charge on any atom is -0.352 e. The van der Waals surface area contributed by atoms with E-state index in [0.717, 1.165) is 37.2 Å². The number of benzene rings is 1. The lowest BCUT2D eigenvalue weighted by atomic mass is 10.1. The third kappa shape index (κ3) is 6.84. The SMILES string of the molecule is CN=C(NCc1nc(C)no1)NC1CCN(Cc2ccc(C(F)(F)F)cc2)C1.I. The maximum atomic E-state index is 12.7. The Bertz CT molecular complexity index is 809. The van der Waals surface area contributed by atoms with Crippen molar-refractivity contribution in [3.8, 4) is 0 Å².